The summed E-state index contributed by atoms with van der Waals surface area (Å²) in [6.07, 6.45) is 6.21. The van der Waals surface area contributed by atoms with E-state index in [1.165, 1.54) is 6.20 Å². The summed E-state index contributed by atoms with van der Waals surface area (Å²) in [5, 5.41) is 0. The highest BCUT2D eigenvalue weighted by Gasteiger charge is 2.26. The summed E-state index contributed by atoms with van der Waals surface area (Å²) >= 11 is 0. The average Bonchev–Trinajstić information content (AvgIpc) is 2.97. The van der Waals surface area contributed by atoms with Gasteiger partial charge in [-0.3, -0.25) is 0 Å². The van der Waals surface area contributed by atoms with Crippen molar-refractivity contribution in [3.63, 3.8) is 0 Å². The summed E-state index contributed by atoms with van der Waals surface area (Å²) in [6, 6.07) is 11.2. The molecule has 2 unspecified atom stereocenters. The molecule has 1 aromatic heterocycles. The van der Waals surface area contributed by atoms with E-state index in [0.717, 1.165) is 24.1 Å². The van der Waals surface area contributed by atoms with E-state index < -0.39 is 16.3 Å². The molecule has 1 aromatic carbocycles. The van der Waals surface area contributed by atoms with E-state index in [1.54, 1.807) is 12.3 Å². The fourth-order valence-electron chi connectivity index (χ4n) is 2.53. The first-order chi connectivity index (χ1) is 11.1. The van der Waals surface area contributed by atoms with Gasteiger partial charge in [0, 0.05) is 17.8 Å². The summed E-state index contributed by atoms with van der Waals surface area (Å²) in [4.78, 5) is 3.22. The molecule has 0 aliphatic carbocycles. The van der Waals surface area contributed by atoms with Crippen LogP contribution in [0.5, 0.6) is 0 Å². The van der Waals surface area contributed by atoms with Gasteiger partial charge in [-0.2, -0.15) is 4.72 Å². The molecule has 6 heteroatoms. The Kier molecular flexibility index (Phi) is 4.54. The van der Waals surface area contributed by atoms with E-state index >= 15 is 0 Å². The van der Waals surface area contributed by atoms with Crippen molar-refractivity contribution in [2.24, 2.45) is 5.92 Å². The molecular formula is C17H20N2O3S. The zero-order chi connectivity index (χ0) is 16.3. The number of sulfonamides is 1. The largest absolute Gasteiger partial charge is 0.482 e. The lowest BCUT2D eigenvalue weighted by Crippen LogP contribution is -2.39. The highest BCUT2D eigenvalue weighted by atomic mass is 32.2. The lowest BCUT2D eigenvalue weighted by molar-refractivity contribution is 0.0869. The fraction of sp³-hybridized carbons (Fsp3) is 0.294. The molecule has 2 atom stereocenters. The number of allylic oxidation sites excluding steroid dienone is 1. The van der Waals surface area contributed by atoms with Crippen LogP contribution in [0.2, 0.25) is 0 Å². The molecule has 5 nitrogen and oxygen atoms in total. The maximum absolute atomic E-state index is 12.6. The average molecular weight is 332 g/mol. The highest BCUT2D eigenvalue weighted by Crippen LogP contribution is 2.23. The van der Waals surface area contributed by atoms with Crippen molar-refractivity contribution in [2.45, 2.75) is 30.9 Å². The maximum atomic E-state index is 12.6. The normalized spacial score (nSPS) is 21.6. The molecule has 23 heavy (non-hydrogen) atoms. The van der Waals surface area contributed by atoms with Crippen LogP contribution in [-0.4, -0.2) is 19.6 Å². The number of aromatic nitrogens is 1. The lowest BCUT2D eigenvalue weighted by Gasteiger charge is -2.22. The Bertz CT molecular complexity index is 781. The van der Waals surface area contributed by atoms with Crippen molar-refractivity contribution in [3.8, 4) is 11.3 Å². The van der Waals surface area contributed by atoms with Crippen LogP contribution < -0.4 is 4.72 Å². The Labute approximate surface area is 136 Å². The first-order valence-corrected chi connectivity index (χ1v) is 9.11. The fourth-order valence-corrected chi connectivity index (χ4v) is 3.75. The van der Waals surface area contributed by atoms with E-state index in [4.69, 9.17) is 4.74 Å². The quantitative estimate of drug-likeness (QED) is 0.903. The topological polar surface area (TPSA) is 71.2 Å². The van der Waals surface area contributed by atoms with Crippen molar-refractivity contribution in [2.75, 3.05) is 0 Å². The molecule has 0 amide bonds. The van der Waals surface area contributed by atoms with Gasteiger partial charge in [-0.15, -0.1) is 0 Å². The van der Waals surface area contributed by atoms with Crippen LogP contribution >= 0.6 is 0 Å². The van der Waals surface area contributed by atoms with Crippen molar-refractivity contribution < 1.29 is 13.2 Å². The molecule has 0 bridgehead atoms. The van der Waals surface area contributed by atoms with Gasteiger partial charge in [0.2, 0.25) is 10.0 Å². The maximum Gasteiger partial charge on any atom is 0.245 e. The van der Waals surface area contributed by atoms with E-state index in [0.29, 0.717) is 0 Å². The molecule has 0 fully saturated rings. The summed E-state index contributed by atoms with van der Waals surface area (Å²) in [5.74, 6) is 0.104. The van der Waals surface area contributed by atoms with E-state index in [1.807, 2.05) is 43.3 Å². The Hall–Kier alpha value is -2.05. The number of hydrogen-bond acceptors (Lipinski definition) is 3. The Morgan fingerprint density at radius 1 is 1.26 bits per heavy atom. The van der Waals surface area contributed by atoms with Crippen molar-refractivity contribution in [3.05, 3.63) is 54.9 Å². The van der Waals surface area contributed by atoms with E-state index in [-0.39, 0.29) is 10.8 Å². The third kappa shape index (κ3) is 3.65. The molecule has 0 spiro atoms. The second kappa shape index (κ2) is 6.60. The monoisotopic (exact) mass is 332 g/mol. The van der Waals surface area contributed by atoms with E-state index in [2.05, 4.69) is 9.71 Å². The minimum Gasteiger partial charge on any atom is -0.482 e. The van der Waals surface area contributed by atoms with Gasteiger partial charge in [-0.25, -0.2) is 8.42 Å². The van der Waals surface area contributed by atoms with Crippen molar-refractivity contribution in [1.82, 2.24) is 9.71 Å². The van der Waals surface area contributed by atoms with Crippen LogP contribution in [-0.2, 0) is 14.8 Å². The van der Waals surface area contributed by atoms with Gasteiger partial charge in [-0.05, 0) is 30.5 Å². The Morgan fingerprint density at radius 2 is 2.04 bits per heavy atom. The predicted molar refractivity (Wildman–Crippen MR) is 89.0 cm³/mol. The molecule has 1 aliphatic heterocycles. The van der Waals surface area contributed by atoms with Gasteiger partial charge < -0.3 is 9.72 Å². The predicted octanol–water partition coefficient (Wildman–Crippen LogP) is 3.25. The smallest absolute Gasteiger partial charge is 0.245 e. The number of ether oxygens (including phenoxy) is 1. The summed E-state index contributed by atoms with van der Waals surface area (Å²) in [5.41, 5.74) is 1.71. The molecule has 2 N–H and O–H groups in total. The van der Waals surface area contributed by atoms with Gasteiger partial charge in [-0.1, -0.05) is 37.3 Å². The summed E-state index contributed by atoms with van der Waals surface area (Å²) < 4.78 is 33.3. The minimum atomic E-state index is -3.64. The van der Waals surface area contributed by atoms with Crippen molar-refractivity contribution >= 4 is 10.0 Å². The SMILES string of the molecule is CC1CCC=COC1NS(=O)(=O)c1c[nH]c(-c2ccccc2)c1. The van der Waals surface area contributed by atoms with Gasteiger partial charge in [0.1, 0.15) is 4.90 Å². The van der Waals surface area contributed by atoms with Gasteiger partial charge in [0.15, 0.2) is 6.23 Å². The molecule has 3 rings (SSSR count). The summed E-state index contributed by atoms with van der Waals surface area (Å²) in [7, 11) is -3.64. The third-order valence-electron chi connectivity index (χ3n) is 3.95. The molecule has 2 aromatic rings. The zero-order valence-electron chi connectivity index (χ0n) is 12.9. The molecule has 0 saturated heterocycles. The third-order valence-corrected chi connectivity index (χ3v) is 5.35. The number of benzene rings is 1. The molecule has 0 radical (unpaired) electrons. The second-order valence-electron chi connectivity index (χ2n) is 5.72. The Morgan fingerprint density at radius 3 is 2.83 bits per heavy atom. The molecule has 0 saturated carbocycles. The molecule has 1 aliphatic rings. The van der Waals surface area contributed by atoms with Gasteiger partial charge in [0.25, 0.3) is 0 Å². The van der Waals surface area contributed by atoms with Crippen molar-refractivity contribution in [1.29, 1.82) is 0 Å². The van der Waals surface area contributed by atoms with Crippen LogP contribution in [0.4, 0.5) is 0 Å². The first kappa shape index (κ1) is 15.8. The first-order valence-electron chi connectivity index (χ1n) is 7.63. The van der Waals surface area contributed by atoms with Crippen LogP contribution in [0.15, 0.2) is 59.8 Å². The second-order valence-corrected chi connectivity index (χ2v) is 7.43. The standard InChI is InChI=1S/C17H20N2O3S/c1-13-7-5-6-10-22-17(13)19-23(20,21)15-11-16(18-12-15)14-8-3-2-4-9-14/h2-4,6,8-13,17-19H,5,7H2,1H3. The number of nitrogens with one attached hydrogen (secondary N) is 2. The van der Waals surface area contributed by atoms with Crippen LogP contribution in [0.3, 0.4) is 0 Å². The zero-order valence-corrected chi connectivity index (χ0v) is 13.7. The minimum absolute atomic E-state index is 0.104. The number of hydrogen-bond donors (Lipinski definition) is 2. The van der Waals surface area contributed by atoms with E-state index in [9.17, 15) is 8.42 Å². The molecular weight excluding hydrogens is 312 g/mol. The number of H-pyrrole nitrogens is 1. The lowest BCUT2D eigenvalue weighted by atomic mass is 10.1. The molecule has 122 valence electrons. The number of rotatable bonds is 4. The molecule has 2 heterocycles. The summed E-state index contributed by atoms with van der Waals surface area (Å²) in [6.45, 7) is 1.98. The van der Waals surface area contributed by atoms with Gasteiger partial charge in [0.05, 0.1) is 6.26 Å². The van der Waals surface area contributed by atoms with Gasteiger partial charge >= 0.3 is 0 Å². The van der Waals surface area contributed by atoms with Crippen LogP contribution in [0.1, 0.15) is 19.8 Å². The Balaban J connectivity index is 1.80. The highest BCUT2D eigenvalue weighted by molar-refractivity contribution is 7.89. The van der Waals surface area contributed by atoms with Crippen LogP contribution in [0, 0.1) is 5.92 Å². The van der Waals surface area contributed by atoms with Crippen LogP contribution in [0.25, 0.3) is 11.3 Å². The number of aromatic amines is 1.